The minimum absolute atomic E-state index is 0.0394. The first-order chi connectivity index (χ1) is 11.5. The molecule has 1 heterocycles. The number of hydrogen-bond donors (Lipinski definition) is 2. The first kappa shape index (κ1) is 17.7. The van der Waals surface area contributed by atoms with Gasteiger partial charge in [0.25, 0.3) is 5.91 Å². The molecule has 0 aliphatic carbocycles. The number of nitrogens with one attached hydrogen (secondary N) is 2. The Morgan fingerprint density at radius 3 is 2.62 bits per heavy atom. The first-order valence-corrected chi connectivity index (χ1v) is 7.43. The van der Waals surface area contributed by atoms with Crippen LogP contribution in [0, 0.1) is 11.6 Å². The number of aromatic nitrogens is 2. The summed E-state index contributed by atoms with van der Waals surface area (Å²) in [5.41, 5.74) is -0.0772. The minimum Gasteiger partial charge on any atom is -0.369 e. The number of carbonyl (C=O) groups is 1. The fraction of sp³-hybridized carbons (Fsp3) is 0.312. The summed E-state index contributed by atoms with van der Waals surface area (Å²) in [6.45, 7) is 1.68. The van der Waals surface area contributed by atoms with Crippen LogP contribution in [-0.2, 0) is 0 Å². The average Bonchev–Trinajstić information content (AvgIpc) is 2.54. The Morgan fingerprint density at radius 1 is 1.21 bits per heavy atom. The lowest BCUT2D eigenvalue weighted by Crippen LogP contribution is -2.17. The summed E-state index contributed by atoms with van der Waals surface area (Å²) in [7, 11) is 3.99. The van der Waals surface area contributed by atoms with E-state index in [1.165, 1.54) is 12.4 Å². The van der Waals surface area contributed by atoms with E-state index in [9.17, 15) is 13.6 Å². The molecule has 0 fully saturated rings. The van der Waals surface area contributed by atoms with E-state index in [1.54, 1.807) is 0 Å². The van der Waals surface area contributed by atoms with E-state index in [4.69, 9.17) is 0 Å². The van der Waals surface area contributed by atoms with Crippen molar-refractivity contribution in [3.8, 4) is 0 Å². The molecule has 8 heteroatoms. The lowest BCUT2D eigenvalue weighted by molar-refractivity contribution is 0.102. The van der Waals surface area contributed by atoms with Gasteiger partial charge in [-0.25, -0.2) is 18.7 Å². The molecule has 0 aliphatic heterocycles. The molecule has 0 atom stereocenters. The van der Waals surface area contributed by atoms with Crippen LogP contribution in [0.25, 0.3) is 0 Å². The summed E-state index contributed by atoms with van der Waals surface area (Å²) in [4.78, 5) is 22.2. The average molecular weight is 335 g/mol. The summed E-state index contributed by atoms with van der Waals surface area (Å²) in [6, 6.07) is 2.91. The van der Waals surface area contributed by atoms with Gasteiger partial charge in [0.1, 0.15) is 23.1 Å². The van der Waals surface area contributed by atoms with E-state index < -0.39 is 17.5 Å². The molecular formula is C16H19F2N5O. The third-order valence-corrected chi connectivity index (χ3v) is 3.15. The number of amides is 1. The fourth-order valence-corrected chi connectivity index (χ4v) is 1.93. The van der Waals surface area contributed by atoms with Crippen LogP contribution in [-0.4, -0.2) is 48.0 Å². The van der Waals surface area contributed by atoms with Crippen molar-refractivity contribution in [1.82, 2.24) is 14.9 Å². The molecule has 2 N–H and O–H groups in total. The summed E-state index contributed by atoms with van der Waals surface area (Å²) in [5, 5.41) is 5.43. The Morgan fingerprint density at radius 2 is 2.00 bits per heavy atom. The van der Waals surface area contributed by atoms with Crippen LogP contribution in [0.1, 0.15) is 16.9 Å². The van der Waals surface area contributed by atoms with E-state index in [0.717, 1.165) is 31.6 Å². The zero-order valence-corrected chi connectivity index (χ0v) is 13.5. The van der Waals surface area contributed by atoms with Gasteiger partial charge in [0.2, 0.25) is 0 Å². The molecule has 128 valence electrons. The number of benzene rings is 1. The fourth-order valence-electron chi connectivity index (χ4n) is 1.93. The topological polar surface area (TPSA) is 70.2 Å². The van der Waals surface area contributed by atoms with Crippen LogP contribution < -0.4 is 10.6 Å². The van der Waals surface area contributed by atoms with Crippen molar-refractivity contribution in [1.29, 1.82) is 0 Å². The van der Waals surface area contributed by atoms with Crippen LogP contribution in [0.15, 0.2) is 30.6 Å². The van der Waals surface area contributed by atoms with Gasteiger partial charge in [-0.15, -0.1) is 0 Å². The van der Waals surface area contributed by atoms with Gasteiger partial charge in [-0.05, 0) is 39.2 Å². The molecule has 1 amide bonds. The lowest BCUT2D eigenvalue weighted by Gasteiger charge is -2.10. The molecule has 0 saturated carbocycles. The Bertz CT molecular complexity index is 691. The van der Waals surface area contributed by atoms with Crippen molar-refractivity contribution in [2.24, 2.45) is 0 Å². The van der Waals surface area contributed by atoms with E-state index >= 15 is 0 Å². The van der Waals surface area contributed by atoms with E-state index in [0.29, 0.717) is 11.9 Å². The van der Waals surface area contributed by atoms with Gasteiger partial charge < -0.3 is 15.5 Å². The minimum atomic E-state index is -0.851. The highest BCUT2D eigenvalue weighted by atomic mass is 19.1. The maximum absolute atomic E-state index is 13.5. The zero-order chi connectivity index (χ0) is 17.5. The second-order valence-corrected chi connectivity index (χ2v) is 5.45. The molecule has 2 aromatic rings. The second kappa shape index (κ2) is 8.30. The van der Waals surface area contributed by atoms with Gasteiger partial charge in [0.05, 0.1) is 18.1 Å². The quantitative estimate of drug-likeness (QED) is 0.760. The third kappa shape index (κ3) is 5.24. The van der Waals surface area contributed by atoms with E-state index in [2.05, 4.69) is 25.5 Å². The van der Waals surface area contributed by atoms with Crippen LogP contribution in [0.3, 0.4) is 0 Å². The van der Waals surface area contributed by atoms with Gasteiger partial charge in [0.15, 0.2) is 0 Å². The molecule has 0 radical (unpaired) electrons. The highest BCUT2D eigenvalue weighted by Gasteiger charge is 2.11. The van der Waals surface area contributed by atoms with Crippen molar-refractivity contribution < 1.29 is 13.6 Å². The highest BCUT2D eigenvalue weighted by molar-refractivity contribution is 6.02. The van der Waals surface area contributed by atoms with E-state index in [-0.39, 0.29) is 11.4 Å². The van der Waals surface area contributed by atoms with Crippen LogP contribution in [0.2, 0.25) is 0 Å². The van der Waals surface area contributed by atoms with Crippen molar-refractivity contribution in [3.63, 3.8) is 0 Å². The number of halogens is 2. The third-order valence-electron chi connectivity index (χ3n) is 3.15. The second-order valence-electron chi connectivity index (χ2n) is 5.45. The van der Waals surface area contributed by atoms with Crippen molar-refractivity contribution >= 4 is 17.4 Å². The van der Waals surface area contributed by atoms with Gasteiger partial charge in [0, 0.05) is 12.6 Å². The molecule has 0 saturated heterocycles. The van der Waals surface area contributed by atoms with Gasteiger partial charge in [-0.3, -0.25) is 4.79 Å². The summed E-state index contributed by atoms with van der Waals surface area (Å²) < 4.78 is 26.4. The Hall–Kier alpha value is -2.61. The predicted octanol–water partition coefficient (Wildman–Crippen LogP) is 2.37. The number of anilines is 2. The molecule has 1 aromatic heterocycles. The largest absolute Gasteiger partial charge is 0.369 e. The van der Waals surface area contributed by atoms with Gasteiger partial charge in [-0.1, -0.05) is 0 Å². The summed E-state index contributed by atoms with van der Waals surface area (Å²) in [5.74, 6) is -1.63. The molecular weight excluding hydrogens is 316 g/mol. The molecule has 0 spiro atoms. The highest BCUT2D eigenvalue weighted by Crippen LogP contribution is 2.15. The van der Waals surface area contributed by atoms with Crippen molar-refractivity contribution in [2.75, 3.05) is 37.8 Å². The Labute approximate surface area is 138 Å². The van der Waals surface area contributed by atoms with Gasteiger partial charge >= 0.3 is 0 Å². The Balaban J connectivity index is 1.91. The van der Waals surface area contributed by atoms with Gasteiger partial charge in [-0.2, -0.15) is 0 Å². The SMILES string of the molecule is CN(C)CCCNc1cnc(C(=O)Nc2ccc(F)cc2F)cn1. The van der Waals surface area contributed by atoms with Crippen LogP contribution in [0.4, 0.5) is 20.3 Å². The molecule has 0 unspecified atom stereocenters. The molecule has 24 heavy (non-hydrogen) atoms. The molecule has 2 rings (SSSR count). The maximum Gasteiger partial charge on any atom is 0.275 e. The summed E-state index contributed by atoms with van der Waals surface area (Å²) in [6.07, 6.45) is 3.68. The monoisotopic (exact) mass is 335 g/mol. The number of rotatable bonds is 7. The molecule has 0 aliphatic rings. The first-order valence-electron chi connectivity index (χ1n) is 7.43. The van der Waals surface area contributed by atoms with Crippen molar-refractivity contribution in [2.45, 2.75) is 6.42 Å². The molecule has 6 nitrogen and oxygen atoms in total. The zero-order valence-electron chi connectivity index (χ0n) is 13.5. The number of nitrogens with zero attached hydrogens (tertiary/aromatic N) is 3. The van der Waals surface area contributed by atoms with Crippen molar-refractivity contribution in [3.05, 3.63) is 47.9 Å². The lowest BCUT2D eigenvalue weighted by atomic mass is 10.3. The Kier molecular flexibility index (Phi) is 6.14. The molecule has 0 bridgehead atoms. The normalized spacial score (nSPS) is 10.7. The number of hydrogen-bond acceptors (Lipinski definition) is 5. The smallest absolute Gasteiger partial charge is 0.275 e. The molecule has 1 aromatic carbocycles. The predicted molar refractivity (Wildman–Crippen MR) is 88.0 cm³/mol. The standard InChI is InChI=1S/C16H19F2N5O/c1-23(2)7-3-6-19-15-10-20-14(9-21-15)16(24)22-13-5-4-11(17)8-12(13)18/h4-5,8-10H,3,6-7H2,1-2H3,(H,19,21)(H,22,24). The van der Waals surface area contributed by atoms with Crippen LogP contribution >= 0.6 is 0 Å². The maximum atomic E-state index is 13.5. The van der Waals surface area contributed by atoms with E-state index in [1.807, 2.05) is 14.1 Å². The number of carbonyl (C=O) groups excluding carboxylic acids is 1. The summed E-state index contributed by atoms with van der Waals surface area (Å²) >= 11 is 0. The van der Waals surface area contributed by atoms with Crippen LogP contribution in [0.5, 0.6) is 0 Å².